The van der Waals surface area contributed by atoms with Gasteiger partial charge in [0.05, 0.1) is 17.7 Å². The third-order valence-corrected chi connectivity index (χ3v) is 3.65. The standard InChI is InChI=1S/C13H16BrNO2/c1-3-4-11(16)10-6-8(14)5-9-7(2)13(17)15-12(9)10/h5-7,11,16H,3-4H2,1-2H3,(H,15,17). The van der Waals surface area contributed by atoms with E-state index in [1.54, 1.807) is 0 Å². The number of hydrogen-bond donors (Lipinski definition) is 2. The molecular weight excluding hydrogens is 282 g/mol. The summed E-state index contributed by atoms with van der Waals surface area (Å²) < 4.78 is 0.907. The van der Waals surface area contributed by atoms with Crippen LogP contribution in [0.4, 0.5) is 5.69 Å². The van der Waals surface area contributed by atoms with Crippen molar-refractivity contribution in [1.82, 2.24) is 0 Å². The van der Waals surface area contributed by atoms with Crippen LogP contribution in [0.3, 0.4) is 0 Å². The molecule has 4 heteroatoms. The number of nitrogens with one attached hydrogen (secondary N) is 1. The first-order valence-electron chi connectivity index (χ1n) is 5.86. The Hall–Kier alpha value is -0.870. The Morgan fingerprint density at radius 3 is 2.88 bits per heavy atom. The summed E-state index contributed by atoms with van der Waals surface area (Å²) in [5.41, 5.74) is 2.58. The van der Waals surface area contributed by atoms with E-state index in [-0.39, 0.29) is 11.8 Å². The van der Waals surface area contributed by atoms with Crippen molar-refractivity contribution >= 4 is 27.5 Å². The zero-order valence-electron chi connectivity index (χ0n) is 9.96. The largest absolute Gasteiger partial charge is 0.388 e. The molecule has 0 fully saturated rings. The van der Waals surface area contributed by atoms with Gasteiger partial charge in [0.15, 0.2) is 0 Å². The number of fused-ring (bicyclic) bond motifs is 1. The molecule has 1 aliphatic heterocycles. The Kier molecular flexibility index (Phi) is 3.54. The molecule has 0 radical (unpaired) electrons. The molecule has 2 unspecified atom stereocenters. The predicted molar refractivity (Wildman–Crippen MR) is 71.1 cm³/mol. The van der Waals surface area contributed by atoms with E-state index >= 15 is 0 Å². The average Bonchev–Trinajstić information content (AvgIpc) is 2.55. The molecule has 2 atom stereocenters. The van der Waals surface area contributed by atoms with Crippen LogP contribution < -0.4 is 5.32 Å². The van der Waals surface area contributed by atoms with Gasteiger partial charge in [-0.25, -0.2) is 0 Å². The Balaban J connectivity index is 2.48. The smallest absolute Gasteiger partial charge is 0.231 e. The van der Waals surface area contributed by atoms with Gasteiger partial charge < -0.3 is 10.4 Å². The van der Waals surface area contributed by atoms with Crippen molar-refractivity contribution in [2.24, 2.45) is 0 Å². The predicted octanol–water partition coefficient (Wildman–Crippen LogP) is 3.34. The second-order valence-corrected chi connectivity index (χ2v) is 5.39. The van der Waals surface area contributed by atoms with Crippen LogP contribution in [0.1, 0.15) is 49.8 Å². The molecule has 0 saturated carbocycles. The highest BCUT2D eigenvalue weighted by molar-refractivity contribution is 9.10. The van der Waals surface area contributed by atoms with Crippen LogP contribution in [-0.4, -0.2) is 11.0 Å². The van der Waals surface area contributed by atoms with Crippen molar-refractivity contribution in [2.75, 3.05) is 5.32 Å². The van der Waals surface area contributed by atoms with Crippen LogP contribution in [0.2, 0.25) is 0 Å². The van der Waals surface area contributed by atoms with Gasteiger partial charge >= 0.3 is 0 Å². The van der Waals surface area contributed by atoms with E-state index < -0.39 is 6.10 Å². The number of carbonyl (C=O) groups is 1. The second-order valence-electron chi connectivity index (χ2n) is 4.47. The molecule has 1 heterocycles. The normalized spacial score (nSPS) is 20.0. The molecule has 1 amide bonds. The van der Waals surface area contributed by atoms with E-state index in [9.17, 15) is 9.90 Å². The van der Waals surface area contributed by atoms with E-state index in [1.807, 2.05) is 26.0 Å². The van der Waals surface area contributed by atoms with Gasteiger partial charge in [-0.15, -0.1) is 0 Å². The van der Waals surface area contributed by atoms with E-state index in [1.165, 1.54) is 0 Å². The molecule has 3 nitrogen and oxygen atoms in total. The lowest BCUT2D eigenvalue weighted by molar-refractivity contribution is -0.116. The first-order chi connectivity index (χ1) is 8.04. The zero-order valence-corrected chi connectivity index (χ0v) is 11.5. The van der Waals surface area contributed by atoms with E-state index in [0.29, 0.717) is 6.42 Å². The van der Waals surface area contributed by atoms with Crippen LogP contribution in [0, 0.1) is 0 Å². The van der Waals surface area contributed by atoms with Gasteiger partial charge in [0.2, 0.25) is 5.91 Å². The van der Waals surface area contributed by atoms with Gasteiger partial charge in [0.1, 0.15) is 0 Å². The summed E-state index contributed by atoms with van der Waals surface area (Å²) >= 11 is 3.43. The van der Waals surface area contributed by atoms with Crippen molar-refractivity contribution in [3.8, 4) is 0 Å². The highest BCUT2D eigenvalue weighted by Gasteiger charge is 2.30. The van der Waals surface area contributed by atoms with Crippen LogP contribution in [0.5, 0.6) is 0 Å². The lowest BCUT2D eigenvalue weighted by Crippen LogP contribution is -2.09. The fourth-order valence-corrected chi connectivity index (χ4v) is 2.69. The number of aliphatic hydroxyl groups is 1. The Labute approximate surface area is 109 Å². The van der Waals surface area contributed by atoms with Crippen LogP contribution >= 0.6 is 15.9 Å². The van der Waals surface area contributed by atoms with E-state index in [4.69, 9.17) is 0 Å². The lowest BCUT2D eigenvalue weighted by atomic mass is 9.96. The van der Waals surface area contributed by atoms with Crippen molar-refractivity contribution in [1.29, 1.82) is 0 Å². The lowest BCUT2D eigenvalue weighted by Gasteiger charge is -2.15. The van der Waals surface area contributed by atoms with E-state index in [2.05, 4.69) is 21.2 Å². The fraction of sp³-hybridized carbons (Fsp3) is 0.462. The fourth-order valence-electron chi connectivity index (χ4n) is 2.20. The minimum absolute atomic E-state index is 0.00282. The summed E-state index contributed by atoms with van der Waals surface area (Å²) in [6.45, 7) is 3.91. The molecule has 0 aliphatic carbocycles. The van der Waals surface area contributed by atoms with Crippen molar-refractivity contribution in [3.63, 3.8) is 0 Å². The monoisotopic (exact) mass is 297 g/mol. The number of hydrogen-bond acceptors (Lipinski definition) is 2. The van der Waals surface area contributed by atoms with E-state index in [0.717, 1.165) is 27.7 Å². The molecule has 17 heavy (non-hydrogen) atoms. The van der Waals surface area contributed by atoms with Gasteiger partial charge in [-0.1, -0.05) is 29.3 Å². The molecule has 0 bridgehead atoms. The summed E-state index contributed by atoms with van der Waals surface area (Å²) in [6.07, 6.45) is 1.09. The van der Waals surface area contributed by atoms with Gasteiger partial charge in [-0.2, -0.15) is 0 Å². The summed E-state index contributed by atoms with van der Waals surface area (Å²) in [4.78, 5) is 11.7. The molecule has 92 valence electrons. The third-order valence-electron chi connectivity index (χ3n) is 3.19. The maximum absolute atomic E-state index is 11.7. The molecular formula is C13H16BrNO2. The zero-order chi connectivity index (χ0) is 12.6. The summed E-state index contributed by atoms with van der Waals surface area (Å²) in [5, 5.41) is 13.0. The molecule has 1 aromatic carbocycles. The van der Waals surface area contributed by atoms with Gasteiger partial charge in [0.25, 0.3) is 0 Å². The minimum atomic E-state index is -0.517. The van der Waals surface area contributed by atoms with Crippen molar-refractivity contribution in [2.45, 2.75) is 38.7 Å². The Bertz CT molecular complexity index is 459. The summed E-state index contributed by atoms with van der Waals surface area (Å²) in [7, 11) is 0. The molecule has 2 rings (SSSR count). The number of aliphatic hydroxyl groups excluding tert-OH is 1. The summed E-state index contributed by atoms with van der Waals surface area (Å²) in [6, 6.07) is 3.83. The summed E-state index contributed by atoms with van der Waals surface area (Å²) in [5.74, 6) is -0.141. The third kappa shape index (κ3) is 2.24. The highest BCUT2D eigenvalue weighted by Crippen LogP contribution is 2.40. The Morgan fingerprint density at radius 1 is 1.53 bits per heavy atom. The molecule has 2 N–H and O–H groups in total. The Morgan fingerprint density at radius 2 is 2.24 bits per heavy atom. The average molecular weight is 298 g/mol. The van der Waals surface area contributed by atoms with Gasteiger partial charge in [0, 0.05) is 10.0 Å². The second kappa shape index (κ2) is 4.78. The minimum Gasteiger partial charge on any atom is -0.388 e. The molecule has 0 aromatic heterocycles. The quantitative estimate of drug-likeness (QED) is 0.899. The maximum Gasteiger partial charge on any atom is 0.231 e. The topological polar surface area (TPSA) is 49.3 Å². The number of amides is 1. The number of benzene rings is 1. The number of halogens is 1. The van der Waals surface area contributed by atoms with Crippen molar-refractivity contribution in [3.05, 3.63) is 27.7 Å². The first kappa shape index (κ1) is 12.6. The number of rotatable bonds is 3. The first-order valence-corrected chi connectivity index (χ1v) is 6.66. The number of anilines is 1. The SMILES string of the molecule is CCCC(O)c1cc(Br)cc2c1NC(=O)C2C. The molecule has 1 aromatic rings. The van der Waals surface area contributed by atoms with Crippen LogP contribution in [0.15, 0.2) is 16.6 Å². The van der Waals surface area contributed by atoms with Gasteiger partial charge in [-0.3, -0.25) is 4.79 Å². The van der Waals surface area contributed by atoms with Crippen LogP contribution in [-0.2, 0) is 4.79 Å². The maximum atomic E-state index is 11.7. The highest BCUT2D eigenvalue weighted by atomic mass is 79.9. The molecule has 0 spiro atoms. The molecule has 1 aliphatic rings. The van der Waals surface area contributed by atoms with Gasteiger partial charge in [-0.05, 0) is 31.0 Å². The van der Waals surface area contributed by atoms with Crippen LogP contribution in [0.25, 0.3) is 0 Å². The number of carbonyl (C=O) groups excluding carboxylic acids is 1. The van der Waals surface area contributed by atoms with Crippen molar-refractivity contribution < 1.29 is 9.90 Å². The molecule has 0 saturated heterocycles.